The van der Waals surface area contributed by atoms with Gasteiger partial charge in [-0.25, -0.2) is 0 Å². The number of amides is 1. The van der Waals surface area contributed by atoms with Gasteiger partial charge >= 0.3 is 0 Å². The normalized spacial score (nSPS) is 10.4. The number of nitrogens with zero attached hydrogens (tertiary/aromatic N) is 2. The fourth-order valence-corrected chi connectivity index (χ4v) is 2.83. The van der Waals surface area contributed by atoms with Crippen LogP contribution in [0.1, 0.15) is 17.5 Å². The summed E-state index contributed by atoms with van der Waals surface area (Å²) < 4.78 is 0. The maximum atomic E-state index is 12.1. The Balaban J connectivity index is 1.75. The number of anilines is 3. The minimum absolute atomic E-state index is 0.154. The molecule has 0 aliphatic carbocycles. The fraction of sp³-hybridized carbons (Fsp3) is 0.125. The lowest BCUT2D eigenvalue weighted by atomic mass is 10.2. The number of H-pyrrole nitrogens is 1. The molecule has 3 aromatic rings. The van der Waals surface area contributed by atoms with E-state index in [1.54, 1.807) is 35.6 Å². The number of benzene rings is 1. The van der Waals surface area contributed by atoms with Gasteiger partial charge in [0.15, 0.2) is 0 Å². The molecule has 1 amide bonds. The quantitative estimate of drug-likeness (QED) is 0.662. The van der Waals surface area contributed by atoms with Crippen molar-refractivity contribution in [2.45, 2.75) is 13.3 Å². The van der Waals surface area contributed by atoms with Crippen LogP contribution < -0.4 is 16.2 Å². The number of hydrogen-bond acceptors (Lipinski definition) is 6. The highest BCUT2D eigenvalue weighted by Gasteiger charge is 2.07. The van der Waals surface area contributed by atoms with Crippen molar-refractivity contribution in [3.05, 3.63) is 62.7 Å². The molecular weight excluding hydrogens is 326 g/mol. The number of nitrogens with one attached hydrogen (secondary N) is 3. The summed E-state index contributed by atoms with van der Waals surface area (Å²) in [4.78, 5) is 26.9. The molecule has 122 valence electrons. The number of aromatic nitrogens is 3. The number of thiophene rings is 1. The summed E-state index contributed by atoms with van der Waals surface area (Å²) in [6.45, 7) is 1.44. The molecule has 0 saturated carbocycles. The van der Waals surface area contributed by atoms with E-state index in [1.807, 2.05) is 17.5 Å². The van der Waals surface area contributed by atoms with E-state index in [0.29, 0.717) is 23.5 Å². The molecule has 0 spiro atoms. The highest BCUT2D eigenvalue weighted by Crippen LogP contribution is 2.17. The van der Waals surface area contributed by atoms with Gasteiger partial charge in [0, 0.05) is 29.6 Å². The first-order valence-electron chi connectivity index (χ1n) is 7.23. The number of carbonyl (C=O) groups excluding carboxylic acids is 1. The molecule has 0 aliphatic heterocycles. The van der Waals surface area contributed by atoms with Crippen LogP contribution in [0.4, 0.5) is 17.3 Å². The van der Waals surface area contributed by atoms with Crippen molar-refractivity contribution >= 4 is 34.6 Å². The van der Waals surface area contributed by atoms with Gasteiger partial charge in [-0.1, -0.05) is 12.1 Å². The van der Waals surface area contributed by atoms with E-state index in [0.717, 1.165) is 4.88 Å². The molecule has 0 fully saturated rings. The average Bonchev–Trinajstić information content (AvgIpc) is 3.03. The van der Waals surface area contributed by atoms with Crippen LogP contribution in [0.25, 0.3) is 0 Å². The highest BCUT2D eigenvalue weighted by molar-refractivity contribution is 7.09. The second kappa shape index (κ2) is 7.05. The smallest absolute Gasteiger partial charge is 0.274 e. The van der Waals surface area contributed by atoms with Crippen molar-refractivity contribution in [1.82, 2.24) is 15.2 Å². The fourth-order valence-electron chi connectivity index (χ4n) is 2.13. The van der Waals surface area contributed by atoms with E-state index in [9.17, 15) is 9.59 Å². The monoisotopic (exact) mass is 341 g/mol. The first-order chi connectivity index (χ1) is 11.6. The van der Waals surface area contributed by atoms with E-state index < -0.39 is 0 Å². The molecular formula is C16H15N5O2S. The summed E-state index contributed by atoms with van der Waals surface area (Å²) >= 11 is 1.57. The standard InChI is InChI=1S/C16H15N5O2S/c1-10(22)17-11-4-2-5-12(8-11)18-16-19-15(23)14(20-21-16)9-13-6-3-7-24-13/h2-8H,9H2,1H3,(H,17,22)(H2,18,19,21,23). The lowest BCUT2D eigenvalue weighted by Gasteiger charge is -2.07. The Hall–Kier alpha value is -3.00. The zero-order valence-electron chi connectivity index (χ0n) is 12.9. The molecule has 3 rings (SSSR count). The molecule has 1 aromatic carbocycles. The van der Waals surface area contributed by atoms with Crippen LogP contribution in [-0.4, -0.2) is 21.1 Å². The van der Waals surface area contributed by atoms with Crippen molar-refractivity contribution in [1.29, 1.82) is 0 Å². The minimum Gasteiger partial charge on any atom is -0.326 e. The number of rotatable bonds is 5. The third kappa shape index (κ3) is 4.05. The molecule has 3 N–H and O–H groups in total. The maximum absolute atomic E-state index is 12.1. The summed E-state index contributed by atoms with van der Waals surface area (Å²) in [5.41, 5.74) is 1.42. The van der Waals surface area contributed by atoms with Gasteiger partial charge in [0.2, 0.25) is 11.9 Å². The van der Waals surface area contributed by atoms with Gasteiger partial charge < -0.3 is 10.6 Å². The largest absolute Gasteiger partial charge is 0.326 e. The topological polar surface area (TPSA) is 99.8 Å². The van der Waals surface area contributed by atoms with E-state index in [1.165, 1.54) is 6.92 Å². The van der Waals surface area contributed by atoms with Crippen molar-refractivity contribution in [3.8, 4) is 0 Å². The van der Waals surface area contributed by atoms with Crippen LogP contribution in [0.2, 0.25) is 0 Å². The highest BCUT2D eigenvalue weighted by atomic mass is 32.1. The average molecular weight is 341 g/mol. The Morgan fingerprint density at radius 2 is 2.04 bits per heavy atom. The molecule has 0 unspecified atom stereocenters. The molecule has 24 heavy (non-hydrogen) atoms. The Morgan fingerprint density at radius 3 is 2.75 bits per heavy atom. The Labute approximate surface area is 141 Å². The summed E-state index contributed by atoms with van der Waals surface area (Å²) in [5.74, 6) is 0.0909. The molecule has 2 aromatic heterocycles. The lowest BCUT2D eigenvalue weighted by molar-refractivity contribution is -0.114. The number of hydrogen-bond donors (Lipinski definition) is 3. The third-order valence-electron chi connectivity index (χ3n) is 3.13. The summed E-state index contributed by atoms with van der Waals surface area (Å²) in [5, 5.41) is 15.6. The summed E-state index contributed by atoms with van der Waals surface area (Å²) in [7, 11) is 0. The molecule has 8 heteroatoms. The van der Waals surface area contributed by atoms with Gasteiger partial charge in [0.25, 0.3) is 5.56 Å². The van der Waals surface area contributed by atoms with E-state index in [-0.39, 0.29) is 17.4 Å². The SMILES string of the molecule is CC(=O)Nc1cccc(Nc2nnc(Cc3cccs3)c(=O)[nH]2)c1. The van der Waals surface area contributed by atoms with Gasteiger partial charge in [0.05, 0.1) is 0 Å². The first kappa shape index (κ1) is 15.9. The van der Waals surface area contributed by atoms with Crippen LogP contribution in [-0.2, 0) is 11.2 Å². The summed E-state index contributed by atoms with van der Waals surface area (Å²) in [6.07, 6.45) is 0.457. The zero-order valence-corrected chi connectivity index (χ0v) is 13.7. The predicted octanol–water partition coefficient (Wildman–Crippen LogP) is 2.52. The van der Waals surface area contributed by atoms with Gasteiger partial charge in [0.1, 0.15) is 5.69 Å². The second-order valence-electron chi connectivity index (χ2n) is 5.09. The molecule has 0 radical (unpaired) electrons. The Bertz CT molecular complexity index is 905. The van der Waals surface area contributed by atoms with Gasteiger partial charge in [-0.2, -0.15) is 0 Å². The van der Waals surface area contributed by atoms with Gasteiger partial charge in [-0.05, 0) is 29.6 Å². The van der Waals surface area contributed by atoms with Crippen LogP contribution in [0, 0.1) is 0 Å². The van der Waals surface area contributed by atoms with Gasteiger partial charge in [-0.15, -0.1) is 21.5 Å². The van der Waals surface area contributed by atoms with Crippen LogP contribution >= 0.6 is 11.3 Å². The second-order valence-corrected chi connectivity index (χ2v) is 6.12. The Morgan fingerprint density at radius 1 is 1.21 bits per heavy atom. The molecule has 0 aliphatic rings. The predicted molar refractivity (Wildman–Crippen MR) is 93.8 cm³/mol. The van der Waals surface area contributed by atoms with Crippen LogP contribution in [0.5, 0.6) is 0 Å². The zero-order chi connectivity index (χ0) is 16.9. The maximum Gasteiger partial charge on any atom is 0.274 e. The Kier molecular flexibility index (Phi) is 4.66. The van der Waals surface area contributed by atoms with Crippen LogP contribution in [0.15, 0.2) is 46.6 Å². The first-order valence-corrected chi connectivity index (χ1v) is 8.11. The van der Waals surface area contributed by atoms with Crippen LogP contribution in [0.3, 0.4) is 0 Å². The molecule has 0 saturated heterocycles. The van der Waals surface area contributed by atoms with Crippen molar-refractivity contribution in [2.75, 3.05) is 10.6 Å². The van der Waals surface area contributed by atoms with Crippen molar-refractivity contribution in [2.24, 2.45) is 0 Å². The number of aromatic amines is 1. The lowest BCUT2D eigenvalue weighted by Crippen LogP contribution is -2.18. The molecule has 0 atom stereocenters. The summed E-state index contributed by atoms with van der Waals surface area (Å²) in [6, 6.07) is 11.0. The van der Waals surface area contributed by atoms with Crippen molar-refractivity contribution in [3.63, 3.8) is 0 Å². The van der Waals surface area contributed by atoms with Gasteiger partial charge in [-0.3, -0.25) is 14.6 Å². The van der Waals surface area contributed by atoms with E-state index >= 15 is 0 Å². The number of carbonyl (C=O) groups is 1. The van der Waals surface area contributed by atoms with Crippen molar-refractivity contribution < 1.29 is 4.79 Å². The minimum atomic E-state index is -0.279. The van der Waals surface area contributed by atoms with E-state index in [2.05, 4.69) is 25.8 Å². The third-order valence-corrected chi connectivity index (χ3v) is 4.01. The van der Waals surface area contributed by atoms with E-state index in [4.69, 9.17) is 0 Å². The molecule has 7 nitrogen and oxygen atoms in total. The molecule has 2 heterocycles. The molecule has 0 bridgehead atoms.